The summed E-state index contributed by atoms with van der Waals surface area (Å²) < 4.78 is 13.0. The number of carbonyl (C=O) groups is 1. The predicted octanol–water partition coefficient (Wildman–Crippen LogP) is 1.84. The fraction of sp³-hybridized carbons (Fsp3) is 0.364. The van der Waals surface area contributed by atoms with E-state index < -0.39 is 5.82 Å². The first-order valence-corrected chi connectivity index (χ1v) is 6.25. The highest BCUT2D eigenvalue weighted by Crippen LogP contribution is 2.15. The second-order valence-electron chi connectivity index (χ2n) is 3.45. The molecule has 0 aromatic heterocycles. The number of carbonyl (C=O) groups excluding carboxylic acids is 1. The zero-order valence-electron chi connectivity index (χ0n) is 9.37. The van der Waals surface area contributed by atoms with E-state index in [-0.39, 0.29) is 11.5 Å². The van der Waals surface area contributed by atoms with Crippen molar-refractivity contribution in [1.82, 2.24) is 4.90 Å². The molecule has 0 saturated heterocycles. The van der Waals surface area contributed by atoms with Gasteiger partial charge in [0.1, 0.15) is 5.82 Å². The van der Waals surface area contributed by atoms with Crippen molar-refractivity contribution >= 4 is 23.4 Å². The van der Waals surface area contributed by atoms with E-state index in [9.17, 15) is 9.18 Å². The van der Waals surface area contributed by atoms with Gasteiger partial charge in [0.15, 0.2) is 0 Å². The van der Waals surface area contributed by atoms with Crippen LogP contribution in [0.1, 0.15) is 10.4 Å². The molecule has 2 N–H and O–H groups in total. The molecule has 1 rings (SSSR count). The van der Waals surface area contributed by atoms with Gasteiger partial charge in [-0.3, -0.25) is 4.79 Å². The third-order valence-electron chi connectivity index (χ3n) is 2.22. The Bertz CT molecular complexity index is 384. The number of halogens is 1. The Balaban J connectivity index is 2.83. The second kappa shape index (κ2) is 5.75. The quantitative estimate of drug-likeness (QED) is 0.819. The van der Waals surface area contributed by atoms with E-state index in [0.29, 0.717) is 12.2 Å². The third-order valence-corrected chi connectivity index (χ3v) is 2.81. The highest BCUT2D eigenvalue weighted by molar-refractivity contribution is 7.98. The molecule has 0 aliphatic carbocycles. The van der Waals surface area contributed by atoms with Crippen LogP contribution in [0.25, 0.3) is 0 Å². The van der Waals surface area contributed by atoms with Gasteiger partial charge in [-0.1, -0.05) is 0 Å². The number of nitrogens with zero attached hydrogens (tertiary/aromatic N) is 1. The lowest BCUT2D eigenvalue weighted by Crippen LogP contribution is -2.29. The van der Waals surface area contributed by atoms with Gasteiger partial charge >= 0.3 is 0 Å². The molecule has 1 aromatic rings. The van der Waals surface area contributed by atoms with Crippen LogP contribution in [0.3, 0.4) is 0 Å². The molecule has 0 heterocycles. The van der Waals surface area contributed by atoms with Crippen molar-refractivity contribution in [2.75, 3.05) is 31.3 Å². The minimum atomic E-state index is -0.448. The molecule has 3 nitrogen and oxygen atoms in total. The van der Waals surface area contributed by atoms with E-state index in [2.05, 4.69) is 0 Å². The van der Waals surface area contributed by atoms with Gasteiger partial charge in [-0.05, 0) is 24.5 Å². The molecule has 0 unspecified atom stereocenters. The molecule has 88 valence electrons. The number of rotatable bonds is 4. The summed E-state index contributed by atoms with van der Waals surface area (Å²) in [5.74, 6) is 0.152. The number of amides is 1. The van der Waals surface area contributed by atoms with Crippen molar-refractivity contribution in [3.05, 3.63) is 29.6 Å². The molecule has 0 saturated carbocycles. The molecule has 1 aromatic carbocycles. The lowest BCUT2D eigenvalue weighted by molar-refractivity contribution is 0.0804. The Morgan fingerprint density at radius 2 is 2.25 bits per heavy atom. The standard InChI is InChI=1S/C11H15FN2OS/c1-14(5-6-16-2)11(15)9-7-8(12)3-4-10(9)13/h3-4,7H,5-6,13H2,1-2H3. The van der Waals surface area contributed by atoms with Crippen molar-refractivity contribution in [3.8, 4) is 0 Å². The van der Waals surface area contributed by atoms with Crippen LogP contribution < -0.4 is 5.73 Å². The first kappa shape index (κ1) is 12.8. The van der Waals surface area contributed by atoms with Crippen LogP contribution >= 0.6 is 11.8 Å². The van der Waals surface area contributed by atoms with Gasteiger partial charge in [0.05, 0.1) is 5.56 Å². The number of benzene rings is 1. The molecular formula is C11H15FN2OS. The summed E-state index contributed by atoms with van der Waals surface area (Å²) in [5.41, 5.74) is 6.17. The zero-order chi connectivity index (χ0) is 12.1. The Kier molecular flexibility index (Phi) is 4.61. The van der Waals surface area contributed by atoms with Crippen LogP contribution in [0.4, 0.5) is 10.1 Å². The van der Waals surface area contributed by atoms with Gasteiger partial charge in [0.25, 0.3) is 5.91 Å². The molecule has 0 aliphatic heterocycles. The van der Waals surface area contributed by atoms with E-state index in [1.807, 2.05) is 6.26 Å². The monoisotopic (exact) mass is 242 g/mol. The van der Waals surface area contributed by atoms with E-state index in [1.54, 1.807) is 23.7 Å². The van der Waals surface area contributed by atoms with Gasteiger partial charge in [0.2, 0.25) is 0 Å². The summed E-state index contributed by atoms with van der Waals surface area (Å²) in [5, 5.41) is 0. The topological polar surface area (TPSA) is 46.3 Å². The average Bonchev–Trinajstić information content (AvgIpc) is 2.28. The van der Waals surface area contributed by atoms with E-state index in [4.69, 9.17) is 5.73 Å². The Morgan fingerprint density at radius 3 is 2.88 bits per heavy atom. The summed E-state index contributed by atoms with van der Waals surface area (Å²) >= 11 is 1.65. The molecule has 0 atom stereocenters. The number of hydrogen-bond acceptors (Lipinski definition) is 3. The number of nitrogen functional groups attached to an aromatic ring is 1. The van der Waals surface area contributed by atoms with E-state index in [0.717, 1.165) is 5.75 Å². The molecule has 0 aliphatic rings. The van der Waals surface area contributed by atoms with Crippen molar-refractivity contribution in [1.29, 1.82) is 0 Å². The van der Waals surface area contributed by atoms with Gasteiger partial charge in [-0.15, -0.1) is 0 Å². The van der Waals surface area contributed by atoms with Crippen molar-refractivity contribution in [3.63, 3.8) is 0 Å². The lowest BCUT2D eigenvalue weighted by Gasteiger charge is -2.17. The van der Waals surface area contributed by atoms with E-state index >= 15 is 0 Å². The SMILES string of the molecule is CSCCN(C)C(=O)c1cc(F)ccc1N. The molecule has 0 bridgehead atoms. The summed E-state index contributed by atoms with van der Waals surface area (Å²) in [4.78, 5) is 13.4. The number of hydrogen-bond donors (Lipinski definition) is 1. The van der Waals surface area contributed by atoms with Crippen molar-refractivity contribution in [2.45, 2.75) is 0 Å². The first-order valence-electron chi connectivity index (χ1n) is 4.85. The van der Waals surface area contributed by atoms with E-state index in [1.165, 1.54) is 18.2 Å². The molecule has 0 radical (unpaired) electrons. The Hall–Kier alpha value is -1.23. The fourth-order valence-electron chi connectivity index (χ4n) is 1.25. The van der Waals surface area contributed by atoms with Crippen molar-refractivity contribution < 1.29 is 9.18 Å². The summed E-state index contributed by atoms with van der Waals surface area (Å²) in [7, 11) is 1.68. The van der Waals surface area contributed by atoms with Gasteiger partial charge in [-0.2, -0.15) is 11.8 Å². The molecule has 16 heavy (non-hydrogen) atoms. The van der Waals surface area contributed by atoms with Crippen LogP contribution in [-0.2, 0) is 0 Å². The van der Waals surface area contributed by atoms with Gasteiger partial charge < -0.3 is 10.6 Å². The van der Waals surface area contributed by atoms with Crippen LogP contribution in [-0.4, -0.2) is 36.4 Å². The maximum Gasteiger partial charge on any atom is 0.255 e. The second-order valence-corrected chi connectivity index (χ2v) is 4.44. The highest BCUT2D eigenvalue weighted by Gasteiger charge is 2.14. The Morgan fingerprint density at radius 1 is 1.56 bits per heavy atom. The number of anilines is 1. The fourth-order valence-corrected chi connectivity index (χ4v) is 1.71. The maximum absolute atomic E-state index is 13.0. The summed E-state index contributed by atoms with van der Waals surface area (Å²) in [6, 6.07) is 3.83. The smallest absolute Gasteiger partial charge is 0.255 e. The maximum atomic E-state index is 13.0. The van der Waals surface area contributed by atoms with Gasteiger partial charge in [-0.25, -0.2) is 4.39 Å². The Labute approximate surface area is 98.8 Å². The predicted molar refractivity (Wildman–Crippen MR) is 66.2 cm³/mol. The van der Waals surface area contributed by atoms with Crippen LogP contribution in [0.2, 0.25) is 0 Å². The molecule has 0 fully saturated rings. The molecule has 5 heteroatoms. The minimum Gasteiger partial charge on any atom is -0.398 e. The molecule has 0 spiro atoms. The molecule has 1 amide bonds. The highest BCUT2D eigenvalue weighted by atomic mass is 32.2. The number of nitrogens with two attached hydrogens (primary N) is 1. The summed E-state index contributed by atoms with van der Waals surface area (Å²) in [6.45, 7) is 0.621. The third kappa shape index (κ3) is 3.13. The van der Waals surface area contributed by atoms with Crippen LogP contribution in [0.15, 0.2) is 18.2 Å². The zero-order valence-corrected chi connectivity index (χ0v) is 10.2. The minimum absolute atomic E-state index is 0.226. The lowest BCUT2D eigenvalue weighted by atomic mass is 10.1. The van der Waals surface area contributed by atoms with Crippen LogP contribution in [0, 0.1) is 5.82 Å². The van der Waals surface area contributed by atoms with Gasteiger partial charge in [0, 0.05) is 25.0 Å². The van der Waals surface area contributed by atoms with Crippen molar-refractivity contribution in [2.24, 2.45) is 0 Å². The summed E-state index contributed by atoms with van der Waals surface area (Å²) in [6.07, 6.45) is 1.97. The first-order chi connectivity index (χ1) is 7.56. The van der Waals surface area contributed by atoms with Crippen LogP contribution in [0.5, 0.6) is 0 Å². The number of thioether (sulfide) groups is 1. The molecular weight excluding hydrogens is 227 g/mol. The normalized spacial score (nSPS) is 10.2. The average molecular weight is 242 g/mol. The largest absolute Gasteiger partial charge is 0.398 e.